The molecule has 1 heterocycles. The van der Waals surface area contributed by atoms with Crippen LogP contribution in [0.25, 0.3) is 5.69 Å². The number of aromatic nitrogens is 4. The van der Waals surface area contributed by atoms with Gasteiger partial charge in [-0.25, -0.2) is 0 Å². The SMILES string of the molecule is CCc1nnnn1-c1ccccc1NC(=O)CCN(Cc1ccccc1)C(C)=O. The van der Waals surface area contributed by atoms with Crippen molar-refractivity contribution in [3.8, 4) is 5.69 Å². The summed E-state index contributed by atoms with van der Waals surface area (Å²) in [5, 5.41) is 14.6. The lowest BCUT2D eigenvalue weighted by molar-refractivity contribution is -0.129. The van der Waals surface area contributed by atoms with Crippen molar-refractivity contribution in [3.05, 3.63) is 66.0 Å². The van der Waals surface area contributed by atoms with Crippen LogP contribution in [-0.4, -0.2) is 43.5 Å². The van der Waals surface area contributed by atoms with E-state index in [4.69, 9.17) is 0 Å². The van der Waals surface area contributed by atoms with Gasteiger partial charge in [-0.15, -0.1) is 5.10 Å². The van der Waals surface area contributed by atoms with Crippen LogP contribution in [-0.2, 0) is 22.6 Å². The fourth-order valence-corrected chi connectivity index (χ4v) is 2.98. The first-order chi connectivity index (χ1) is 14.1. The van der Waals surface area contributed by atoms with Gasteiger partial charge in [0.1, 0.15) is 0 Å². The Kier molecular flexibility index (Phi) is 6.67. The van der Waals surface area contributed by atoms with Crippen molar-refractivity contribution in [1.82, 2.24) is 25.1 Å². The minimum atomic E-state index is -0.178. The Bertz CT molecular complexity index is 970. The maximum atomic E-state index is 12.6. The number of carbonyl (C=O) groups excluding carboxylic acids is 2. The highest BCUT2D eigenvalue weighted by Crippen LogP contribution is 2.20. The van der Waals surface area contributed by atoms with Crippen LogP contribution >= 0.6 is 0 Å². The van der Waals surface area contributed by atoms with Crippen molar-refractivity contribution in [2.45, 2.75) is 33.2 Å². The van der Waals surface area contributed by atoms with Crippen molar-refractivity contribution in [2.24, 2.45) is 0 Å². The van der Waals surface area contributed by atoms with E-state index in [0.717, 1.165) is 5.56 Å². The van der Waals surface area contributed by atoms with Gasteiger partial charge in [0.2, 0.25) is 11.8 Å². The van der Waals surface area contributed by atoms with Crippen LogP contribution in [0.3, 0.4) is 0 Å². The highest BCUT2D eigenvalue weighted by Gasteiger charge is 2.15. The minimum absolute atomic E-state index is 0.0664. The third-order valence-corrected chi connectivity index (χ3v) is 4.53. The molecule has 0 bridgehead atoms. The molecular weight excluding hydrogens is 368 g/mol. The summed E-state index contributed by atoms with van der Waals surface area (Å²) in [5.74, 6) is 0.462. The van der Waals surface area contributed by atoms with Crippen molar-refractivity contribution in [2.75, 3.05) is 11.9 Å². The third kappa shape index (κ3) is 5.25. The van der Waals surface area contributed by atoms with E-state index in [1.54, 1.807) is 15.6 Å². The first-order valence-electron chi connectivity index (χ1n) is 9.54. The summed E-state index contributed by atoms with van der Waals surface area (Å²) in [6, 6.07) is 17.1. The summed E-state index contributed by atoms with van der Waals surface area (Å²) in [6.45, 7) is 4.29. The lowest BCUT2D eigenvalue weighted by atomic mass is 10.2. The van der Waals surface area contributed by atoms with Gasteiger partial charge in [0, 0.05) is 32.9 Å². The molecule has 3 aromatic rings. The van der Waals surface area contributed by atoms with E-state index in [0.29, 0.717) is 36.7 Å². The molecule has 0 aliphatic heterocycles. The van der Waals surface area contributed by atoms with E-state index in [2.05, 4.69) is 20.8 Å². The van der Waals surface area contributed by atoms with E-state index in [9.17, 15) is 9.59 Å². The van der Waals surface area contributed by atoms with E-state index in [1.807, 2.05) is 55.5 Å². The van der Waals surface area contributed by atoms with Gasteiger partial charge < -0.3 is 10.2 Å². The largest absolute Gasteiger partial charge is 0.338 e. The van der Waals surface area contributed by atoms with Crippen LogP contribution in [0.4, 0.5) is 5.69 Å². The number of amides is 2. The molecule has 3 rings (SSSR count). The van der Waals surface area contributed by atoms with Crippen molar-refractivity contribution < 1.29 is 9.59 Å². The van der Waals surface area contributed by atoms with Crippen LogP contribution in [0.5, 0.6) is 0 Å². The average molecular weight is 392 g/mol. The highest BCUT2D eigenvalue weighted by molar-refractivity contribution is 5.93. The molecule has 2 aromatic carbocycles. The van der Waals surface area contributed by atoms with Gasteiger partial charge in [0.15, 0.2) is 5.82 Å². The third-order valence-electron chi connectivity index (χ3n) is 4.53. The van der Waals surface area contributed by atoms with E-state index < -0.39 is 0 Å². The first-order valence-corrected chi connectivity index (χ1v) is 9.54. The van der Waals surface area contributed by atoms with Crippen molar-refractivity contribution in [1.29, 1.82) is 0 Å². The number of anilines is 1. The Morgan fingerprint density at radius 1 is 1.07 bits per heavy atom. The Hall–Kier alpha value is -3.55. The number of hydrogen-bond acceptors (Lipinski definition) is 5. The molecule has 0 aliphatic carbocycles. The van der Waals surface area contributed by atoms with Crippen LogP contribution in [0.1, 0.15) is 31.7 Å². The second-order valence-corrected chi connectivity index (χ2v) is 6.60. The summed E-state index contributed by atoms with van der Waals surface area (Å²) in [6.07, 6.45) is 0.860. The maximum Gasteiger partial charge on any atom is 0.226 e. The number of para-hydroxylation sites is 2. The fourth-order valence-electron chi connectivity index (χ4n) is 2.98. The molecule has 0 aliphatic rings. The van der Waals surface area contributed by atoms with Gasteiger partial charge in [0.25, 0.3) is 0 Å². The van der Waals surface area contributed by atoms with Crippen LogP contribution < -0.4 is 5.32 Å². The number of carbonyl (C=O) groups is 2. The molecule has 2 amide bonds. The summed E-state index contributed by atoms with van der Waals surface area (Å²) in [7, 11) is 0. The number of aryl methyl sites for hydroxylation is 1. The Morgan fingerprint density at radius 2 is 1.79 bits per heavy atom. The molecule has 1 N–H and O–H groups in total. The molecule has 0 saturated carbocycles. The monoisotopic (exact) mass is 392 g/mol. The molecule has 0 atom stereocenters. The summed E-state index contributed by atoms with van der Waals surface area (Å²) < 4.78 is 1.62. The molecular formula is C21H24N6O2. The standard InChI is InChI=1S/C21H24N6O2/c1-3-20-23-24-25-27(20)19-12-8-7-11-18(19)22-21(29)13-14-26(16(2)28)15-17-9-5-4-6-10-17/h4-12H,3,13-15H2,1-2H3,(H,22,29). The second-order valence-electron chi connectivity index (χ2n) is 6.60. The molecule has 1 aromatic heterocycles. The van der Waals surface area contributed by atoms with Gasteiger partial charge in [-0.05, 0) is 28.1 Å². The quantitative estimate of drug-likeness (QED) is 0.636. The van der Waals surface area contributed by atoms with Crippen LogP contribution in [0, 0.1) is 0 Å². The maximum absolute atomic E-state index is 12.6. The Labute approximate surface area is 169 Å². The predicted octanol–water partition coefficient (Wildman–Crippen LogP) is 2.60. The van der Waals surface area contributed by atoms with Gasteiger partial charge in [-0.1, -0.05) is 49.4 Å². The van der Waals surface area contributed by atoms with Gasteiger partial charge in [-0.2, -0.15) is 4.68 Å². The molecule has 8 nitrogen and oxygen atoms in total. The van der Waals surface area contributed by atoms with E-state index in [-0.39, 0.29) is 18.2 Å². The molecule has 0 radical (unpaired) electrons. The van der Waals surface area contributed by atoms with Gasteiger partial charge in [-0.3, -0.25) is 9.59 Å². The normalized spacial score (nSPS) is 10.6. The molecule has 150 valence electrons. The van der Waals surface area contributed by atoms with Crippen LogP contribution in [0.2, 0.25) is 0 Å². The van der Waals surface area contributed by atoms with Crippen molar-refractivity contribution in [3.63, 3.8) is 0 Å². The fraction of sp³-hybridized carbons (Fsp3) is 0.286. The van der Waals surface area contributed by atoms with Crippen LogP contribution in [0.15, 0.2) is 54.6 Å². The topological polar surface area (TPSA) is 93.0 Å². The molecule has 0 fully saturated rings. The zero-order chi connectivity index (χ0) is 20.6. The number of benzene rings is 2. The summed E-state index contributed by atoms with van der Waals surface area (Å²) in [5.41, 5.74) is 2.35. The van der Waals surface area contributed by atoms with E-state index >= 15 is 0 Å². The predicted molar refractivity (Wildman–Crippen MR) is 109 cm³/mol. The lowest BCUT2D eigenvalue weighted by Crippen LogP contribution is -2.31. The average Bonchev–Trinajstić information content (AvgIpc) is 3.20. The summed E-state index contributed by atoms with van der Waals surface area (Å²) >= 11 is 0. The lowest BCUT2D eigenvalue weighted by Gasteiger charge is -2.21. The first kappa shape index (κ1) is 20.2. The van der Waals surface area contributed by atoms with Crippen molar-refractivity contribution >= 4 is 17.5 Å². The van der Waals surface area contributed by atoms with Gasteiger partial charge >= 0.3 is 0 Å². The number of tetrazole rings is 1. The highest BCUT2D eigenvalue weighted by atomic mass is 16.2. The Morgan fingerprint density at radius 3 is 2.52 bits per heavy atom. The zero-order valence-corrected chi connectivity index (χ0v) is 16.6. The summed E-state index contributed by atoms with van der Waals surface area (Å²) in [4.78, 5) is 26.2. The molecule has 29 heavy (non-hydrogen) atoms. The smallest absolute Gasteiger partial charge is 0.226 e. The molecule has 8 heteroatoms. The van der Waals surface area contributed by atoms with E-state index in [1.165, 1.54) is 6.92 Å². The molecule has 0 spiro atoms. The molecule has 0 unspecified atom stereocenters. The number of rotatable bonds is 8. The Balaban J connectivity index is 1.66. The molecule has 0 saturated heterocycles. The zero-order valence-electron chi connectivity index (χ0n) is 16.6. The number of nitrogens with zero attached hydrogens (tertiary/aromatic N) is 5. The van der Waals surface area contributed by atoms with Gasteiger partial charge in [0.05, 0.1) is 11.4 Å². The number of nitrogens with one attached hydrogen (secondary N) is 1. The second kappa shape index (κ2) is 9.59. The minimum Gasteiger partial charge on any atom is -0.338 e. The number of hydrogen-bond donors (Lipinski definition) is 1.